The summed E-state index contributed by atoms with van der Waals surface area (Å²) in [7, 11) is 0. The van der Waals surface area contributed by atoms with E-state index in [1.807, 2.05) is 48.8 Å². The molecule has 0 saturated heterocycles. The van der Waals surface area contributed by atoms with Crippen molar-refractivity contribution in [1.82, 2.24) is 9.97 Å². The van der Waals surface area contributed by atoms with Gasteiger partial charge in [-0.3, -0.25) is 4.90 Å². The number of nitrogens with zero attached hydrogens (tertiary/aromatic N) is 3. The number of anilines is 3. The van der Waals surface area contributed by atoms with Crippen LogP contribution in [0.4, 0.5) is 17.3 Å². The second-order valence-electron chi connectivity index (χ2n) is 12.6. The van der Waals surface area contributed by atoms with Crippen LogP contribution in [0.15, 0.2) is 200 Å². The van der Waals surface area contributed by atoms with E-state index in [9.17, 15) is 0 Å². The van der Waals surface area contributed by atoms with Gasteiger partial charge in [0.25, 0.3) is 0 Å². The van der Waals surface area contributed by atoms with E-state index in [4.69, 9.17) is 0 Å². The molecule has 0 amide bonds. The molecular weight excluding hydrogens is 619 g/mol. The summed E-state index contributed by atoms with van der Waals surface area (Å²) >= 11 is 0. The third-order valence-corrected chi connectivity index (χ3v) is 9.54. The Balaban J connectivity index is 1.25. The lowest BCUT2D eigenvalue weighted by Gasteiger charge is -2.23. The molecule has 0 aliphatic heterocycles. The van der Waals surface area contributed by atoms with Crippen molar-refractivity contribution >= 4 is 38.9 Å². The molecule has 2 heterocycles. The Kier molecular flexibility index (Phi) is 7.84. The Morgan fingerprint density at radius 2 is 0.686 bits per heavy atom. The van der Waals surface area contributed by atoms with Crippen LogP contribution in [-0.2, 0) is 0 Å². The van der Waals surface area contributed by atoms with Crippen LogP contribution in [0.1, 0.15) is 0 Å². The Labute approximate surface area is 297 Å². The first-order valence-corrected chi connectivity index (χ1v) is 17.2. The topological polar surface area (TPSA) is 29.0 Å². The van der Waals surface area contributed by atoms with E-state index in [1.165, 1.54) is 60.5 Å². The van der Waals surface area contributed by atoms with Gasteiger partial charge in [-0.1, -0.05) is 133 Å². The summed E-state index contributed by atoms with van der Waals surface area (Å²) in [6.07, 6.45) is 3.63. The van der Waals surface area contributed by atoms with E-state index in [2.05, 4.69) is 167 Å². The standard InChI is InChI=1S/C48H33N3/c1-3-15-34(16-4-1)37-31-38(35-17-5-2-6-18-35)33-39(32-37)48-43-21-9-7-19-41(43)47(42-20-8-10-22-44(42)48)36-25-27-40(28-26-36)51(45-23-11-13-29-49-45)46-24-12-14-30-50-46/h1-33H. The molecule has 0 fully saturated rings. The summed E-state index contributed by atoms with van der Waals surface area (Å²) in [5.41, 5.74) is 10.6. The molecule has 3 nitrogen and oxygen atoms in total. The number of hydrogen-bond acceptors (Lipinski definition) is 3. The van der Waals surface area contributed by atoms with Gasteiger partial charge in [0, 0.05) is 18.1 Å². The number of rotatable bonds is 7. The molecule has 240 valence electrons. The molecule has 0 bridgehead atoms. The molecule has 9 rings (SSSR count). The summed E-state index contributed by atoms with van der Waals surface area (Å²) in [5.74, 6) is 1.63. The molecule has 0 saturated carbocycles. The highest BCUT2D eigenvalue weighted by Crippen LogP contribution is 2.45. The van der Waals surface area contributed by atoms with E-state index < -0.39 is 0 Å². The molecule has 2 aromatic heterocycles. The minimum absolute atomic E-state index is 0.816. The highest BCUT2D eigenvalue weighted by atomic mass is 15.2. The third-order valence-electron chi connectivity index (χ3n) is 9.54. The van der Waals surface area contributed by atoms with Crippen molar-refractivity contribution in [1.29, 1.82) is 0 Å². The lowest BCUT2D eigenvalue weighted by Crippen LogP contribution is -2.12. The monoisotopic (exact) mass is 651 g/mol. The Bertz CT molecular complexity index is 2450. The predicted molar refractivity (Wildman–Crippen MR) is 213 cm³/mol. The summed E-state index contributed by atoms with van der Waals surface area (Å²) in [6, 6.07) is 66.8. The number of fused-ring (bicyclic) bond motifs is 2. The second-order valence-corrected chi connectivity index (χ2v) is 12.6. The summed E-state index contributed by atoms with van der Waals surface area (Å²) in [6.45, 7) is 0. The molecule has 0 unspecified atom stereocenters. The van der Waals surface area contributed by atoms with Gasteiger partial charge in [-0.25, -0.2) is 9.97 Å². The van der Waals surface area contributed by atoms with Crippen molar-refractivity contribution in [2.75, 3.05) is 4.90 Å². The number of hydrogen-bond donors (Lipinski definition) is 0. The molecule has 0 N–H and O–H groups in total. The average molecular weight is 652 g/mol. The van der Waals surface area contributed by atoms with E-state index >= 15 is 0 Å². The van der Waals surface area contributed by atoms with Gasteiger partial charge in [-0.05, 0) is 121 Å². The molecule has 0 aliphatic rings. The van der Waals surface area contributed by atoms with Gasteiger partial charge in [0.15, 0.2) is 0 Å². The lowest BCUT2D eigenvalue weighted by molar-refractivity contribution is 1.13. The first-order valence-electron chi connectivity index (χ1n) is 17.2. The van der Waals surface area contributed by atoms with Gasteiger partial charge in [0.2, 0.25) is 0 Å². The molecule has 0 spiro atoms. The highest BCUT2D eigenvalue weighted by Gasteiger charge is 2.19. The smallest absolute Gasteiger partial charge is 0.138 e. The van der Waals surface area contributed by atoms with Crippen molar-refractivity contribution in [3.05, 3.63) is 200 Å². The maximum absolute atomic E-state index is 4.67. The Morgan fingerprint density at radius 3 is 1.12 bits per heavy atom. The van der Waals surface area contributed by atoms with E-state index in [1.54, 1.807) is 0 Å². The van der Waals surface area contributed by atoms with Crippen LogP contribution in [0, 0.1) is 0 Å². The van der Waals surface area contributed by atoms with Gasteiger partial charge in [-0.15, -0.1) is 0 Å². The number of benzene rings is 7. The zero-order chi connectivity index (χ0) is 34.0. The van der Waals surface area contributed by atoms with Gasteiger partial charge < -0.3 is 0 Å². The SMILES string of the molecule is c1ccc(-c2cc(-c3ccccc3)cc(-c3c4ccccc4c(-c4ccc(N(c5ccccn5)c5ccccn5)cc4)c4ccccc34)c2)cc1. The van der Waals surface area contributed by atoms with Gasteiger partial charge in [0.05, 0.1) is 0 Å². The minimum Gasteiger partial charge on any atom is -0.279 e. The maximum Gasteiger partial charge on any atom is 0.138 e. The normalized spacial score (nSPS) is 11.1. The molecule has 7 aromatic carbocycles. The van der Waals surface area contributed by atoms with E-state index in [-0.39, 0.29) is 0 Å². The maximum atomic E-state index is 4.67. The van der Waals surface area contributed by atoms with Crippen LogP contribution in [0.5, 0.6) is 0 Å². The van der Waals surface area contributed by atoms with Crippen LogP contribution in [0.2, 0.25) is 0 Å². The molecule has 0 radical (unpaired) electrons. The van der Waals surface area contributed by atoms with Gasteiger partial charge in [0.1, 0.15) is 11.6 Å². The van der Waals surface area contributed by atoms with Crippen LogP contribution >= 0.6 is 0 Å². The highest BCUT2D eigenvalue weighted by molar-refractivity contribution is 6.21. The molecule has 0 aliphatic carbocycles. The zero-order valence-electron chi connectivity index (χ0n) is 27.9. The van der Waals surface area contributed by atoms with E-state index in [0.29, 0.717) is 0 Å². The Morgan fingerprint density at radius 1 is 0.294 bits per heavy atom. The third kappa shape index (κ3) is 5.71. The molecule has 3 heteroatoms. The minimum atomic E-state index is 0.816. The zero-order valence-corrected chi connectivity index (χ0v) is 27.9. The number of aromatic nitrogens is 2. The van der Waals surface area contributed by atoms with E-state index in [0.717, 1.165) is 22.9 Å². The van der Waals surface area contributed by atoms with Crippen molar-refractivity contribution in [2.45, 2.75) is 0 Å². The van der Waals surface area contributed by atoms with Crippen molar-refractivity contribution in [3.8, 4) is 44.5 Å². The molecule has 51 heavy (non-hydrogen) atoms. The fourth-order valence-corrected chi connectivity index (χ4v) is 7.25. The molecule has 0 atom stereocenters. The largest absolute Gasteiger partial charge is 0.279 e. The van der Waals surface area contributed by atoms with Crippen LogP contribution < -0.4 is 4.90 Å². The van der Waals surface area contributed by atoms with Gasteiger partial charge in [-0.2, -0.15) is 0 Å². The average Bonchev–Trinajstić information content (AvgIpc) is 3.21. The van der Waals surface area contributed by atoms with Crippen molar-refractivity contribution in [2.24, 2.45) is 0 Å². The predicted octanol–water partition coefficient (Wildman–Crippen LogP) is 12.9. The Hall–Kier alpha value is -6.84. The van der Waals surface area contributed by atoms with Crippen LogP contribution in [-0.4, -0.2) is 9.97 Å². The quantitative estimate of drug-likeness (QED) is 0.161. The summed E-state index contributed by atoms with van der Waals surface area (Å²) < 4.78 is 0. The van der Waals surface area contributed by atoms with Crippen molar-refractivity contribution in [3.63, 3.8) is 0 Å². The molecule has 9 aromatic rings. The second kappa shape index (κ2) is 13.2. The van der Waals surface area contributed by atoms with Crippen molar-refractivity contribution < 1.29 is 0 Å². The van der Waals surface area contributed by atoms with Gasteiger partial charge >= 0.3 is 0 Å². The summed E-state index contributed by atoms with van der Waals surface area (Å²) in [5, 5.41) is 4.89. The molecular formula is C48H33N3. The fourth-order valence-electron chi connectivity index (χ4n) is 7.25. The summed E-state index contributed by atoms with van der Waals surface area (Å²) in [4.78, 5) is 11.4. The lowest BCUT2D eigenvalue weighted by atomic mass is 9.84. The number of pyridine rings is 2. The van der Waals surface area contributed by atoms with Crippen LogP contribution in [0.3, 0.4) is 0 Å². The fraction of sp³-hybridized carbons (Fsp3) is 0. The first-order chi connectivity index (χ1) is 25.3. The van der Waals surface area contributed by atoms with Crippen LogP contribution in [0.25, 0.3) is 66.1 Å². The first kappa shape index (κ1) is 30.2.